The second-order valence-corrected chi connectivity index (χ2v) is 6.25. The molecular formula is C19H22N4O. The van der Waals surface area contributed by atoms with Crippen molar-refractivity contribution >= 4 is 0 Å². The van der Waals surface area contributed by atoms with Crippen molar-refractivity contribution in [3.63, 3.8) is 0 Å². The van der Waals surface area contributed by atoms with Crippen LogP contribution in [-0.4, -0.2) is 32.7 Å². The molecule has 1 fully saturated rings. The van der Waals surface area contributed by atoms with Crippen molar-refractivity contribution in [1.82, 2.24) is 19.5 Å². The van der Waals surface area contributed by atoms with Crippen LogP contribution in [0.4, 0.5) is 0 Å². The molecule has 1 aromatic carbocycles. The van der Waals surface area contributed by atoms with Crippen molar-refractivity contribution in [2.75, 3.05) is 13.2 Å². The predicted molar refractivity (Wildman–Crippen MR) is 92.7 cm³/mol. The van der Waals surface area contributed by atoms with Crippen LogP contribution in [0.3, 0.4) is 0 Å². The summed E-state index contributed by atoms with van der Waals surface area (Å²) < 4.78 is 7.88. The van der Waals surface area contributed by atoms with Gasteiger partial charge in [0.15, 0.2) is 0 Å². The fourth-order valence-electron chi connectivity index (χ4n) is 3.45. The van der Waals surface area contributed by atoms with Gasteiger partial charge >= 0.3 is 0 Å². The summed E-state index contributed by atoms with van der Waals surface area (Å²) >= 11 is 0. The standard InChI is InChI=1S/C19H22N4O/c1-2-4-15(5-3-1)18-19(16-7-10-24-11-8-16)23(14-22-18)9-6-17-12-20-13-21-17/h1-5,12-14,16H,6-11H2,(H,20,21). The average Bonchev–Trinajstić information content (AvgIpc) is 3.31. The summed E-state index contributed by atoms with van der Waals surface area (Å²) in [7, 11) is 0. The fourth-order valence-corrected chi connectivity index (χ4v) is 3.45. The monoisotopic (exact) mass is 322 g/mol. The Morgan fingerprint density at radius 3 is 2.75 bits per heavy atom. The Bertz CT molecular complexity index is 758. The van der Waals surface area contributed by atoms with Crippen LogP contribution >= 0.6 is 0 Å². The Labute approximate surface area is 141 Å². The van der Waals surface area contributed by atoms with E-state index in [1.54, 1.807) is 6.33 Å². The van der Waals surface area contributed by atoms with Gasteiger partial charge in [0.2, 0.25) is 0 Å². The molecule has 1 aliphatic heterocycles. The lowest BCUT2D eigenvalue weighted by Gasteiger charge is -2.24. The number of H-pyrrole nitrogens is 1. The molecule has 1 saturated heterocycles. The zero-order valence-electron chi connectivity index (χ0n) is 13.7. The number of benzene rings is 1. The summed E-state index contributed by atoms with van der Waals surface area (Å²) in [5.74, 6) is 0.512. The van der Waals surface area contributed by atoms with Gasteiger partial charge in [-0.25, -0.2) is 9.97 Å². The number of nitrogens with one attached hydrogen (secondary N) is 1. The molecule has 4 rings (SSSR count). The molecule has 5 heteroatoms. The fraction of sp³-hybridized carbons (Fsp3) is 0.368. The Morgan fingerprint density at radius 1 is 1.17 bits per heavy atom. The molecule has 0 aliphatic carbocycles. The van der Waals surface area contributed by atoms with Crippen LogP contribution in [0.5, 0.6) is 0 Å². The van der Waals surface area contributed by atoms with Crippen molar-refractivity contribution in [3.05, 3.63) is 60.6 Å². The van der Waals surface area contributed by atoms with Gasteiger partial charge in [0.05, 0.1) is 18.3 Å². The van der Waals surface area contributed by atoms with E-state index in [0.717, 1.165) is 50.4 Å². The molecule has 0 atom stereocenters. The second-order valence-electron chi connectivity index (χ2n) is 6.25. The van der Waals surface area contributed by atoms with Crippen LogP contribution in [0.2, 0.25) is 0 Å². The van der Waals surface area contributed by atoms with Crippen molar-refractivity contribution in [3.8, 4) is 11.3 Å². The largest absolute Gasteiger partial charge is 0.381 e. The molecule has 24 heavy (non-hydrogen) atoms. The summed E-state index contributed by atoms with van der Waals surface area (Å²) in [6.07, 6.45) is 8.68. The highest BCUT2D eigenvalue weighted by Gasteiger charge is 2.24. The first kappa shape index (κ1) is 15.1. The van der Waals surface area contributed by atoms with E-state index in [4.69, 9.17) is 9.72 Å². The third kappa shape index (κ3) is 3.12. The number of aryl methyl sites for hydroxylation is 2. The molecule has 1 aliphatic rings. The molecule has 1 N–H and O–H groups in total. The number of hydrogen-bond acceptors (Lipinski definition) is 3. The second kappa shape index (κ2) is 7.01. The third-order valence-electron chi connectivity index (χ3n) is 4.71. The molecule has 2 aromatic heterocycles. The quantitative estimate of drug-likeness (QED) is 0.783. The summed E-state index contributed by atoms with van der Waals surface area (Å²) in [5, 5.41) is 0. The minimum Gasteiger partial charge on any atom is -0.381 e. The number of rotatable bonds is 5. The van der Waals surface area contributed by atoms with E-state index in [9.17, 15) is 0 Å². The zero-order valence-corrected chi connectivity index (χ0v) is 13.7. The molecule has 0 radical (unpaired) electrons. The molecule has 5 nitrogen and oxygen atoms in total. The van der Waals surface area contributed by atoms with E-state index in [0.29, 0.717) is 5.92 Å². The van der Waals surface area contributed by atoms with Crippen molar-refractivity contribution in [2.24, 2.45) is 0 Å². The molecule has 3 aromatic rings. The van der Waals surface area contributed by atoms with Crippen molar-refractivity contribution in [2.45, 2.75) is 31.7 Å². The maximum atomic E-state index is 5.56. The van der Waals surface area contributed by atoms with Gasteiger partial charge in [-0.2, -0.15) is 0 Å². The molecule has 0 unspecified atom stereocenters. The third-order valence-corrected chi connectivity index (χ3v) is 4.71. The number of aromatic amines is 1. The smallest absolute Gasteiger partial charge is 0.0956 e. The van der Waals surface area contributed by atoms with Crippen LogP contribution in [0, 0.1) is 0 Å². The minimum atomic E-state index is 0.512. The minimum absolute atomic E-state index is 0.512. The van der Waals surface area contributed by atoms with Crippen LogP contribution in [0.15, 0.2) is 49.2 Å². The SMILES string of the molecule is c1ccc(-c2ncn(CCc3cnc[nH]3)c2C2CCOCC2)cc1. The predicted octanol–water partition coefficient (Wildman–Crippen LogP) is 3.41. The van der Waals surface area contributed by atoms with E-state index in [2.05, 4.69) is 38.8 Å². The van der Waals surface area contributed by atoms with E-state index >= 15 is 0 Å². The van der Waals surface area contributed by atoms with Crippen LogP contribution < -0.4 is 0 Å². The van der Waals surface area contributed by atoms with E-state index < -0.39 is 0 Å². The molecule has 0 bridgehead atoms. The molecule has 124 valence electrons. The number of hydrogen-bond donors (Lipinski definition) is 1. The first-order chi connectivity index (χ1) is 11.9. The molecule has 3 heterocycles. The molecule has 0 spiro atoms. The van der Waals surface area contributed by atoms with E-state index in [1.165, 1.54) is 11.3 Å². The van der Waals surface area contributed by atoms with Crippen molar-refractivity contribution < 1.29 is 4.74 Å². The highest BCUT2D eigenvalue weighted by molar-refractivity contribution is 5.62. The van der Waals surface area contributed by atoms with Gasteiger partial charge in [-0.05, 0) is 12.8 Å². The molecule has 0 saturated carbocycles. The van der Waals surface area contributed by atoms with E-state index in [1.807, 2.05) is 18.6 Å². The number of ether oxygens (including phenoxy) is 1. The summed E-state index contributed by atoms with van der Waals surface area (Å²) in [6.45, 7) is 2.59. The summed E-state index contributed by atoms with van der Waals surface area (Å²) in [6, 6.07) is 10.5. The Kier molecular flexibility index (Phi) is 4.42. The Balaban J connectivity index is 1.66. The lowest BCUT2D eigenvalue weighted by atomic mass is 9.92. The maximum absolute atomic E-state index is 5.56. The number of imidazole rings is 2. The van der Waals surface area contributed by atoms with Gasteiger partial charge in [-0.3, -0.25) is 0 Å². The summed E-state index contributed by atoms with van der Waals surface area (Å²) in [5.41, 5.74) is 4.82. The maximum Gasteiger partial charge on any atom is 0.0956 e. The molecular weight excluding hydrogens is 300 g/mol. The van der Waals surface area contributed by atoms with Gasteiger partial charge in [0.1, 0.15) is 0 Å². The van der Waals surface area contributed by atoms with Crippen LogP contribution in [0.25, 0.3) is 11.3 Å². The van der Waals surface area contributed by atoms with Gasteiger partial charge < -0.3 is 14.3 Å². The van der Waals surface area contributed by atoms with Gasteiger partial charge in [-0.15, -0.1) is 0 Å². The highest BCUT2D eigenvalue weighted by Crippen LogP contribution is 2.34. The number of aromatic nitrogens is 4. The Morgan fingerprint density at radius 2 is 2.00 bits per heavy atom. The highest BCUT2D eigenvalue weighted by atomic mass is 16.5. The summed E-state index contributed by atoms with van der Waals surface area (Å²) in [4.78, 5) is 12.0. The van der Waals surface area contributed by atoms with E-state index in [-0.39, 0.29) is 0 Å². The Hall–Kier alpha value is -2.40. The number of nitrogens with zero attached hydrogens (tertiary/aromatic N) is 3. The lowest BCUT2D eigenvalue weighted by molar-refractivity contribution is 0.0838. The van der Waals surface area contributed by atoms with Gasteiger partial charge in [0.25, 0.3) is 0 Å². The van der Waals surface area contributed by atoms with Crippen LogP contribution in [0.1, 0.15) is 30.1 Å². The lowest BCUT2D eigenvalue weighted by Crippen LogP contribution is -2.18. The van der Waals surface area contributed by atoms with Crippen molar-refractivity contribution in [1.29, 1.82) is 0 Å². The average molecular weight is 322 g/mol. The topological polar surface area (TPSA) is 55.7 Å². The zero-order chi connectivity index (χ0) is 16.2. The first-order valence-electron chi connectivity index (χ1n) is 8.57. The van der Waals surface area contributed by atoms with Crippen LogP contribution in [-0.2, 0) is 17.7 Å². The first-order valence-corrected chi connectivity index (χ1v) is 8.57. The van der Waals surface area contributed by atoms with Gasteiger partial charge in [-0.1, -0.05) is 30.3 Å². The molecule has 0 amide bonds. The van der Waals surface area contributed by atoms with Gasteiger partial charge in [0, 0.05) is 55.2 Å². The normalized spacial score (nSPS) is 15.7.